The van der Waals surface area contributed by atoms with Gasteiger partial charge in [0.1, 0.15) is 0 Å². The molecule has 6 heteroatoms. The molecule has 0 aliphatic carbocycles. The molecule has 26 heavy (non-hydrogen) atoms. The van der Waals surface area contributed by atoms with Gasteiger partial charge in [0.15, 0.2) is 0 Å². The van der Waals surface area contributed by atoms with Crippen LogP contribution >= 0.6 is 0 Å². The summed E-state index contributed by atoms with van der Waals surface area (Å²) in [6, 6.07) is 15.0. The van der Waals surface area contributed by atoms with E-state index in [4.69, 9.17) is 0 Å². The number of alkyl halides is 3. The van der Waals surface area contributed by atoms with Gasteiger partial charge in [-0.2, -0.15) is 13.2 Å². The van der Waals surface area contributed by atoms with Gasteiger partial charge in [-0.1, -0.05) is 42.5 Å². The fraction of sp³-hybridized carbons (Fsp3) is 0.350. The summed E-state index contributed by atoms with van der Waals surface area (Å²) >= 11 is 0. The molecular weight excluding hydrogens is 341 g/mol. The van der Waals surface area contributed by atoms with Crippen LogP contribution in [0.3, 0.4) is 0 Å². The van der Waals surface area contributed by atoms with Crippen LogP contribution in [-0.2, 0) is 17.4 Å². The Kier molecular flexibility index (Phi) is 5.61. The third-order valence-corrected chi connectivity index (χ3v) is 4.77. The molecule has 0 radical (unpaired) electrons. The van der Waals surface area contributed by atoms with E-state index in [1.54, 1.807) is 0 Å². The predicted octanol–water partition coefficient (Wildman–Crippen LogP) is 3.37. The number of carbonyl (C=O) groups excluding carboxylic acids is 1. The van der Waals surface area contributed by atoms with Crippen molar-refractivity contribution in [1.82, 2.24) is 10.6 Å². The lowest BCUT2D eigenvalue weighted by Crippen LogP contribution is -2.35. The Hall–Kier alpha value is -2.34. The van der Waals surface area contributed by atoms with E-state index in [1.165, 1.54) is 12.1 Å². The lowest BCUT2D eigenvalue weighted by molar-refractivity contribution is -0.137. The summed E-state index contributed by atoms with van der Waals surface area (Å²) in [4.78, 5) is 12.5. The number of hydrogen-bond donors (Lipinski definition) is 2. The van der Waals surface area contributed by atoms with E-state index >= 15 is 0 Å². The first-order valence-electron chi connectivity index (χ1n) is 8.64. The molecule has 0 unspecified atom stereocenters. The summed E-state index contributed by atoms with van der Waals surface area (Å²) in [7, 11) is 0. The first kappa shape index (κ1) is 18.5. The van der Waals surface area contributed by atoms with Gasteiger partial charge in [-0.15, -0.1) is 0 Å². The van der Waals surface area contributed by atoms with Crippen LogP contribution in [0.1, 0.15) is 22.6 Å². The van der Waals surface area contributed by atoms with Gasteiger partial charge in [-0.05, 0) is 29.7 Å². The normalized spacial score (nSPS) is 20.1. The number of amides is 1. The molecule has 1 fully saturated rings. The fourth-order valence-electron chi connectivity index (χ4n) is 3.33. The molecule has 1 heterocycles. The highest BCUT2D eigenvalue weighted by Crippen LogP contribution is 2.33. The summed E-state index contributed by atoms with van der Waals surface area (Å²) in [5.41, 5.74) is 1.24. The zero-order chi connectivity index (χ0) is 18.6. The minimum Gasteiger partial charge on any atom is -0.355 e. The number of halogens is 3. The van der Waals surface area contributed by atoms with Crippen LogP contribution in [0.2, 0.25) is 0 Å². The highest BCUT2D eigenvalue weighted by molar-refractivity contribution is 5.80. The molecule has 0 spiro atoms. The van der Waals surface area contributed by atoms with Crippen molar-refractivity contribution < 1.29 is 18.0 Å². The van der Waals surface area contributed by atoms with Crippen LogP contribution in [0, 0.1) is 5.92 Å². The van der Waals surface area contributed by atoms with Crippen LogP contribution in [0.25, 0.3) is 0 Å². The SMILES string of the molecule is O=C(NCCc1ccccc1)[C@@H]1CNC[C@H]1c1ccc(C(F)(F)F)cc1. The Morgan fingerprint density at radius 3 is 2.38 bits per heavy atom. The van der Waals surface area contributed by atoms with E-state index in [-0.39, 0.29) is 17.7 Å². The van der Waals surface area contributed by atoms with Crippen LogP contribution in [0.4, 0.5) is 13.2 Å². The molecule has 3 rings (SSSR count). The van der Waals surface area contributed by atoms with Crippen molar-refractivity contribution in [3.05, 3.63) is 71.3 Å². The van der Waals surface area contributed by atoms with Gasteiger partial charge >= 0.3 is 6.18 Å². The molecule has 0 bridgehead atoms. The van der Waals surface area contributed by atoms with Gasteiger partial charge in [-0.25, -0.2) is 0 Å². The van der Waals surface area contributed by atoms with Crippen molar-refractivity contribution in [3.63, 3.8) is 0 Å². The van der Waals surface area contributed by atoms with Gasteiger partial charge in [0.25, 0.3) is 0 Å². The van der Waals surface area contributed by atoms with Crippen LogP contribution < -0.4 is 10.6 Å². The highest BCUT2D eigenvalue weighted by atomic mass is 19.4. The standard InChI is InChI=1S/C20H21F3N2O/c21-20(22,23)16-8-6-15(7-9-16)17-12-24-13-18(17)19(26)25-11-10-14-4-2-1-3-5-14/h1-9,17-18,24H,10-13H2,(H,25,26)/t17-,18+/m0/s1. The van der Waals surface area contributed by atoms with E-state index < -0.39 is 11.7 Å². The minimum absolute atomic E-state index is 0.0594. The van der Waals surface area contributed by atoms with Crippen LogP contribution in [0.15, 0.2) is 54.6 Å². The number of carbonyl (C=O) groups is 1. The Morgan fingerprint density at radius 2 is 1.73 bits per heavy atom. The van der Waals surface area contributed by atoms with Crippen molar-refractivity contribution in [2.24, 2.45) is 5.92 Å². The topological polar surface area (TPSA) is 41.1 Å². The van der Waals surface area contributed by atoms with Crippen molar-refractivity contribution >= 4 is 5.91 Å². The summed E-state index contributed by atoms with van der Waals surface area (Å²) in [6.45, 7) is 1.66. The Morgan fingerprint density at radius 1 is 1.04 bits per heavy atom. The minimum atomic E-state index is -4.35. The second-order valence-electron chi connectivity index (χ2n) is 6.52. The average Bonchev–Trinajstić information content (AvgIpc) is 3.12. The zero-order valence-corrected chi connectivity index (χ0v) is 14.2. The third-order valence-electron chi connectivity index (χ3n) is 4.77. The van der Waals surface area contributed by atoms with Gasteiger partial charge < -0.3 is 10.6 Å². The zero-order valence-electron chi connectivity index (χ0n) is 14.2. The number of rotatable bonds is 5. The smallest absolute Gasteiger partial charge is 0.355 e. The second-order valence-corrected chi connectivity index (χ2v) is 6.52. The van der Waals surface area contributed by atoms with Crippen molar-refractivity contribution in [3.8, 4) is 0 Å². The average molecular weight is 362 g/mol. The molecule has 1 aliphatic heterocycles. The van der Waals surface area contributed by atoms with Crippen molar-refractivity contribution in [2.45, 2.75) is 18.5 Å². The molecule has 138 valence electrons. The molecule has 2 N–H and O–H groups in total. The largest absolute Gasteiger partial charge is 0.416 e. The van der Waals surface area contributed by atoms with Crippen LogP contribution in [0.5, 0.6) is 0 Å². The molecule has 2 aromatic rings. The summed E-state index contributed by atoms with van der Waals surface area (Å²) in [5, 5.41) is 6.12. The lowest BCUT2D eigenvalue weighted by Gasteiger charge is -2.19. The number of hydrogen-bond acceptors (Lipinski definition) is 2. The molecule has 2 aromatic carbocycles. The van der Waals surface area contributed by atoms with Gasteiger partial charge in [0.2, 0.25) is 5.91 Å². The maximum absolute atomic E-state index is 12.7. The monoisotopic (exact) mass is 362 g/mol. The molecule has 2 atom stereocenters. The van der Waals surface area contributed by atoms with E-state index in [0.717, 1.165) is 29.7 Å². The summed E-state index contributed by atoms with van der Waals surface area (Å²) in [5.74, 6) is -0.452. The Labute approximate surface area is 150 Å². The van der Waals surface area contributed by atoms with Gasteiger partial charge in [0, 0.05) is 25.6 Å². The maximum Gasteiger partial charge on any atom is 0.416 e. The first-order chi connectivity index (χ1) is 12.4. The predicted molar refractivity (Wildman–Crippen MR) is 93.7 cm³/mol. The van der Waals surface area contributed by atoms with Gasteiger partial charge in [-0.3, -0.25) is 4.79 Å². The van der Waals surface area contributed by atoms with E-state index in [9.17, 15) is 18.0 Å². The molecule has 1 aliphatic rings. The molecule has 0 aromatic heterocycles. The maximum atomic E-state index is 12.7. The van der Waals surface area contributed by atoms with Crippen molar-refractivity contribution in [1.29, 1.82) is 0 Å². The molecular formula is C20H21F3N2O. The Bertz CT molecular complexity index is 729. The first-order valence-corrected chi connectivity index (χ1v) is 8.64. The summed E-state index contributed by atoms with van der Waals surface area (Å²) in [6.07, 6.45) is -3.60. The highest BCUT2D eigenvalue weighted by Gasteiger charge is 2.35. The number of benzene rings is 2. The van der Waals surface area contributed by atoms with E-state index in [1.807, 2.05) is 30.3 Å². The molecule has 1 saturated heterocycles. The number of nitrogens with one attached hydrogen (secondary N) is 2. The summed E-state index contributed by atoms with van der Waals surface area (Å²) < 4.78 is 38.1. The fourth-order valence-corrected chi connectivity index (χ4v) is 3.33. The van der Waals surface area contributed by atoms with Crippen molar-refractivity contribution in [2.75, 3.05) is 19.6 Å². The lowest BCUT2D eigenvalue weighted by atomic mass is 9.88. The second kappa shape index (κ2) is 7.91. The molecule has 3 nitrogen and oxygen atoms in total. The van der Waals surface area contributed by atoms with E-state index in [0.29, 0.717) is 19.6 Å². The molecule has 1 amide bonds. The quantitative estimate of drug-likeness (QED) is 0.856. The Balaban J connectivity index is 1.59. The third kappa shape index (κ3) is 4.43. The van der Waals surface area contributed by atoms with Crippen LogP contribution in [-0.4, -0.2) is 25.5 Å². The molecule has 0 saturated carbocycles. The van der Waals surface area contributed by atoms with E-state index in [2.05, 4.69) is 10.6 Å². The van der Waals surface area contributed by atoms with Gasteiger partial charge in [0.05, 0.1) is 11.5 Å².